The summed E-state index contributed by atoms with van der Waals surface area (Å²) in [6, 6.07) is 3.99. The summed E-state index contributed by atoms with van der Waals surface area (Å²) in [5.74, 6) is -0.932. The van der Waals surface area contributed by atoms with Crippen LogP contribution in [0.4, 0.5) is 8.78 Å². The van der Waals surface area contributed by atoms with Crippen LogP contribution in [0.1, 0.15) is 32.3 Å². The topological polar surface area (TPSA) is 12.0 Å². The van der Waals surface area contributed by atoms with E-state index in [0.29, 0.717) is 6.42 Å². The van der Waals surface area contributed by atoms with E-state index in [2.05, 4.69) is 12.2 Å². The van der Waals surface area contributed by atoms with Crippen molar-refractivity contribution in [2.45, 2.75) is 33.1 Å². The van der Waals surface area contributed by atoms with Gasteiger partial charge >= 0.3 is 0 Å². The van der Waals surface area contributed by atoms with E-state index in [4.69, 9.17) is 0 Å². The van der Waals surface area contributed by atoms with Crippen LogP contribution in [-0.2, 0) is 6.42 Å². The van der Waals surface area contributed by atoms with Gasteiger partial charge in [0.05, 0.1) is 0 Å². The number of benzene rings is 1. The van der Waals surface area contributed by atoms with Gasteiger partial charge in [0.1, 0.15) is 11.6 Å². The van der Waals surface area contributed by atoms with Gasteiger partial charge < -0.3 is 5.32 Å². The molecule has 0 amide bonds. The van der Waals surface area contributed by atoms with E-state index in [1.54, 1.807) is 0 Å². The minimum absolute atomic E-state index is 0.160. The monoisotopic (exact) mass is 253 g/mol. The Labute approximate surface area is 108 Å². The van der Waals surface area contributed by atoms with Crippen LogP contribution in [0, 0.1) is 11.6 Å². The zero-order valence-corrected chi connectivity index (χ0v) is 11.1. The van der Waals surface area contributed by atoms with Gasteiger partial charge in [0.15, 0.2) is 0 Å². The number of nitrogens with one attached hydrogen (secondary N) is 1. The first-order chi connectivity index (χ1) is 8.65. The summed E-state index contributed by atoms with van der Waals surface area (Å²) in [5, 5.41) is 3.28. The third-order valence-electron chi connectivity index (χ3n) is 2.76. The molecule has 0 atom stereocenters. The molecule has 1 aromatic rings. The molecule has 1 nitrogen and oxygen atoms in total. The van der Waals surface area contributed by atoms with Crippen molar-refractivity contribution in [3.8, 4) is 0 Å². The van der Waals surface area contributed by atoms with E-state index in [1.807, 2.05) is 13.0 Å². The van der Waals surface area contributed by atoms with Crippen LogP contribution in [0.25, 0.3) is 0 Å². The lowest BCUT2D eigenvalue weighted by Gasteiger charge is -2.06. The van der Waals surface area contributed by atoms with Gasteiger partial charge in [-0.25, -0.2) is 8.78 Å². The average molecular weight is 253 g/mol. The molecular formula is C15H21F2N. The Morgan fingerprint density at radius 2 is 1.89 bits per heavy atom. The minimum atomic E-state index is -0.466. The quantitative estimate of drug-likeness (QED) is 0.575. The minimum Gasteiger partial charge on any atom is -0.316 e. The third-order valence-corrected chi connectivity index (χ3v) is 2.76. The van der Waals surface area contributed by atoms with Crippen molar-refractivity contribution in [3.05, 3.63) is 47.0 Å². The molecule has 0 spiro atoms. The van der Waals surface area contributed by atoms with Gasteiger partial charge in [-0.05, 0) is 51.4 Å². The van der Waals surface area contributed by atoms with Crippen molar-refractivity contribution in [2.24, 2.45) is 0 Å². The summed E-state index contributed by atoms with van der Waals surface area (Å²) in [5.41, 5.74) is 1.16. The standard InChI is InChI=1S/C15H21F2N/c1-3-9-18-10-5-6-12(2)11-13-14(16)7-4-8-15(13)17/h4,6-8,18H,3,5,9-11H2,1-2H3/b12-6-. The van der Waals surface area contributed by atoms with Crippen LogP contribution in [0.5, 0.6) is 0 Å². The third kappa shape index (κ3) is 4.96. The second-order valence-electron chi connectivity index (χ2n) is 4.47. The fourth-order valence-electron chi connectivity index (χ4n) is 1.77. The fraction of sp³-hybridized carbons (Fsp3) is 0.467. The highest BCUT2D eigenvalue weighted by molar-refractivity contribution is 5.24. The van der Waals surface area contributed by atoms with Gasteiger partial charge in [0.25, 0.3) is 0 Å². The lowest BCUT2D eigenvalue weighted by molar-refractivity contribution is 0.560. The summed E-state index contributed by atoms with van der Waals surface area (Å²) in [6.45, 7) is 5.94. The molecule has 0 fully saturated rings. The number of rotatable bonds is 7. The Bertz CT molecular complexity index is 379. The number of halogens is 2. The van der Waals surface area contributed by atoms with Gasteiger partial charge in [-0.3, -0.25) is 0 Å². The van der Waals surface area contributed by atoms with Crippen LogP contribution in [0.15, 0.2) is 29.8 Å². The molecular weight excluding hydrogens is 232 g/mol. The molecule has 0 unspecified atom stereocenters. The average Bonchev–Trinajstić information content (AvgIpc) is 2.34. The first-order valence-corrected chi connectivity index (χ1v) is 6.44. The summed E-state index contributed by atoms with van der Waals surface area (Å²) >= 11 is 0. The zero-order chi connectivity index (χ0) is 13.4. The van der Waals surface area contributed by atoms with Crippen LogP contribution in [0.2, 0.25) is 0 Å². The molecule has 1 rings (SSSR count). The molecule has 0 aliphatic rings. The largest absolute Gasteiger partial charge is 0.316 e. The second-order valence-corrected chi connectivity index (χ2v) is 4.47. The zero-order valence-electron chi connectivity index (χ0n) is 11.1. The molecule has 0 radical (unpaired) electrons. The molecule has 0 aromatic heterocycles. The molecule has 0 bridgehead atoms. The van der Waals surface area contributed by atoms with E-state index in [1.165, 1.54) is 18.2 Å². The molecule has 18 heavy (non-hydrogen) atoms. The predicted molar refractivity (Wildman–Crippen MR) is 71.6 cm³/mol. The first kappa shape index (κ1) is 14.8. The summed E-state index contributed by atoms with van der Waals surface area (Å²) in [6.07, 6.45) is 4.38. The molecule has 0 saturated heterocycles. The molecule has 1 aromatic carbocycles. The summed E-state index contributed by atoms with van der Waals surface area (Å²) < 4.78 is 26.8. The maximum Gasteiger partial charge on any atom is 0.129 e. The van der Waals surface area contributed by atoms with Crippen molar-refractivity contribution < 1.29 is 8.78 Å². The number of allylic oxidation sites excluding steroid dienone is 1. The molecule has 100 valence electrons. The number of hydrogen-bond donors (Lipinski definition) is 1. The van der Waals surface area contributed by atoms with E-state index >= 15 is 0 Å². The molecule has 0 aliphatic carbocycles. The van der Waals surface area contributed by atoms with Gasteiger partial charge in [-0.1, -0.05) is 24.6 Å². The van der Waals surface area contributed by atoms with Crippen LogP contribution in [-0.4, -0.2) is 13.1 Å². The lowest BCUT2D eigenvalue weighted by Crippen LogP contribution is -2.15. The highest BCUT2D eigenvalue weighted by Crippen LogP contribution is 2.16. The van der Waals surface area contributed by atoms with Crippen LogP contribution < -0.4 is 5.32 Å². The van der Waals surface area contributed by atoms with Crippen LogP contribution in [0.3, 0.4) is 0 Å². The highest BCUT2D eigenvalue weighted by Gasteiger charge is 2.08. The van der Waals surface area contributed by atoms with Crippen molar-refractivity contribution in [1.82, 2.24) is 5.32 Å². The Morgan fingerprint density at radius 3 is 2.50 bits per heavy atom. The van der Waals surface area contributed by atoms with Gasteiger partial charge in [0.2, 0.25) is 0 Å². The van der Waals surface area contributed by atoms with Crippen molar-refractivity contribution in [1.29, 1.82) is 0 Å². The van der Waals surface area contributed by atoms with E-state index in [9.17, 15) is 8.78 Å². The van der Waals surface area contributed by atoms with E-state index in [-0.39, 0.29) is 5.56 Å². The molecule has 0 heterocycles. The normalized spacial score (nSPS) is 11.9. The molecule has 0 saturated carbocycles. The molecule has 3 heteroatoms. The Morgan fingerprint density at radius 1 is 1.22 bits per heavy atom. The van der Waals surface area contributed by atoms with Crippen molar-refractivity contribution >= 4 is 0 Å². The SMILES string of the molecule is CCCNCC/C=C(/C)Cc1c(F)cccc1F. The lowest BCUT2D eigenvalue weighted by atomic mass is 10.0. The first-order valence-electron chi connectivity index (χ1n) is 6.44. The van der Waals surface area contributed by atoms with Gasteiger partial charge in [0, 0.05) is 5.56 Å². The maximum atomic E-state index is 13.4. The fourth-order valence-corrected chi connectivity index (χ4v) is 1.77. The number of hydrogen-bond acceptors (Lipinski definition) is 1. The van der Waals surface area contributed by atoms with Gasteiger partial charge in [-0.2, -0.15) is 0 Å². The Hall–Kier alpha value is -1.22. The second kappa shape index (κ2) is 7.98. The van der Waals surface area contributed by atoms with Crippen LogP contribution >= 0.6 is 0 Å². The highest BCUT2D eigenvalue weighted by atomic mass is 19.1. The maximum absolute atomic E-state index is 13.4. The predicted octanol–water partition coefficient (Wildman–Crippen LogP) is 3.84. The summed E-state index contributed by atoms with van der Waals surface area (Å²) in [7, 11) is 0. The van der Waals surface area contributed by atoms with E-state index in [0.717, 1.165) is 31.5 Å². The van der Waals surface area contributed by atoms with Crippen molar-refractivity contribution in [2.75, 3.05) is 13.1 Å². The molecule has 1 N–H and O–H groups in total. The summed E-state index contributed by atoms with van der Waals surface area (Å²) in [4.78, 5) is 0. The van der Waals surface area contributed by atoms with Crippen molar-refractivity contribution in [3.63, 3.8) is 0 Å². The Kier molecular flexibility index (Phi) is 6.58. The molecule has 0 aliphatic heterocycles. The smallest absolute Gasteiger partial charge is 0.129 e. The Balaban J connectivity index is 2.48. The van der Waals surface area contributed by atoms with E-state index < -0.39 is 11.6 Å². The van der Waals surface area contributed by atoms with Gasteiger partial charge in [-0.15, -0.1) is 0 Å².